The van der Waals surface area contributed by atoms with Gasteiger partial charge in [-0.2, -0.15) is 0 Å². The van der Waals surface area contributed by atoms with Crippen LogP contribution in [0.3, 0.4) is 0 Å². The van der Waals surface area contributed by atoms with E-state index < -0.39 is 23.5 Å². The molecule has 1 heterocycles. The van der Waals surface area contributed by atoms with Crippen LogP contribution in [0.4, 0.5) is 14.5 Å². The molecule has 0 atom stereocenters. The quantitative estimate of drug-likeness (QED) is 0.621. The fourth-order valence-electron chi connectivity index (χ4n) is 2.85. The Morgan fingerprint density at radius 3 is 2.27 bits per heavy atom. The first-order valence-electron chi connectivity index (χ1n) is 7.80. The van der Waals surface area contributed by atoms with Crippen molar-refractivity contribution in [3.05, 3.63) is 82.6 Å². The van der Waals surface area contributed by atoms with Gasteiger partial charge in [-0.15, -0.1) is 0 Å². The normalized spacial score (nSPS) is 15.8. The van der Waals surface area contributed by atoms with E-state index in [2.05, 4.69) is 0 Å². The van der Waals surface area contributed by atoms with Gasteiger partial charge in [-0.3, -0.25) is 9.69 Å². The molecule has 1 aliphatic heterocycles. The molecule has 0 aromatic heterocycles. The molecule has 1 amide bonds. The summed E-state index contributed by atoms with van der Waals surface area (Å²) in [5.74, 6) is -2.54. The van der Waals surface area contributed by atoms with Crippen LogP contribution in [0.5, 0.6) is 0 Å². The number of para-hydroxylation sites is 1. The van der Waals surface area contributed by atoms with Crippen molar-refractivity contribution in [2.75, 3.05) is 12.0 Å². The van der Waals surface area contributed by atoms with E-state index in [9.17, 15) is 18.4 Å². The number of hydrogen-bond donors (Lipinski definition) is 0. The maximum Gasteiger partial charge on any atom is 0.340 e. The average molecular weight is 355 g/mol. The van der Waals surface area contributed by atoms with Crippen LogP contribution in [0.1, 0.15) is 12.5 Å². The Morgan fingerprint density at radius 1 is 1.04 bits per heavy atom. The first-order chi connectivity index (χ1) is 12.5. The molecule has 3 rings (SSSR count). The van der Waals surface area contributed by atoms with Crippen LogP contribution in [0.15, 0.2) is 65.4 Å². The molecule has 2 aromatic carbocycles. The number of amides is 1. The van der Waals surface area contributed by atoms with Crippen LogP contribution < -0.4 is 4.90 Å². The molecule has 0 spiro atoms. The second-order valence-corrected chi connectivity index (χ2v) is 5.62. The van der Waals surface area contributed by atoms with E-state index in [0.29, 0.717) is 0 Å². The number of carbonyl (C=O) groups is 2. The van der Waals surface area contributed by atoms with Crippen molar-refractivity contribution in [3.63, 3.8) is 0 Å². The number of benzene rings is 2. The third-order valence-corrected chi connectivity index (χ3v) is 4.09. The number of ether oxygens (including phenoxy) is 1. The summed E-state index contributed by atoms with van der Waals surface area (Å²) in [6.07, 6.45) is 1.27. The molecule has 0 unspecified atom stereocenters. The van der Waals surface area contributed by atoms with Crippen molar-refractivity contribution < 1.29 is 23.1 Å². The summed E-state index contributed by atoms with van der Waals surface area (Å²) >= 11 is 0. The lowest BCUT2D eigenvalue weighted by molar-refractivity contribution is -0.136. The Kier molecular flexibility index (Phi) is 4.67. The number of methoxy groups -OCH3 is 1. The third kappa shape index (κ3) is 2.90. The van der Waals surface area contributed by atoms with E-state index in [0.717, 1.165) is 4.90 Å². The Labute approximate surface area is 149 Å². The molecule has 0 fully saturated rings. The van der Waals surface area contributed by atoms with Gasteiger partial charge in [0.1, 0.15) is 11.6 Å². The predicted octanol–water partition coefficient (Wildman–Crippen LogP) is 3.84. The molecular formula is C20H15F2NO3. The highest BCUT2D eigenvalue weighted by Gasteiger charge is 2.38. The number of carbonyl (C=O) groups excluding carboxylic acids is 2. The van der Waals surface area contributed by atoms with E-state index in [-0.39, 0.29) is 28.1 Å². The molecule has 0 saturated carbocycles. The fourth-order valence-corrected chi connectivity index (χ4v) is 2.85. The summed E-state index contributed by atoms with van der Waals surface area (Å²) in [7, 11) is 1.18. The highest BCUT2D eigenvalue weighted by molar-refractivity contribution is 6.23. The Morgan fingerprint density at radius 2 is 1.65 bits per heavy atom. The van der Waals surface area contributed by atoms with Crippen molar-refractivity contribution in [2.45, 2.75) is 6.92 Å². The number of nitrogens with zero attached hydrogens (tertiary/aromatic N) is 1. The minimum atomic E-state index is -0.753. The predicted molar refractivity (Wildman–Crippen MR) is 93.0 cm³/mol. The number of anilines is 1. The lowest BCUT2D eigenvalue weighted by Crippen LogP contribution is -2.25. The fraction of sp³-hybridized carbons (Fsp3) is 0.100. The van der Waals surface area contributed by atoms with Crippen molar-refractivity contribution in [3.8, 4) is 0 Å². The maximum absolute atomic E-state index is 14.2. The van der Waals surface area contributed by atoms with Gasteiger partial charge < -0.3 is 4.74 Å². The van der Waals surface area contributed by atoms with E-state index in [1.54, 1.807) is 12.1 Å². The zero-order chi connectivity index (χ0) is 18.8. The Bertz CT molecular complexity index is 963. The van der Waals surface area contributed by atoms with Gasteiger partial charge in [-0.1, -0.05) is 30.3 Å². The van der Waals surface area contributed by atoms with Gasteiger partial charge in [-0.05, 0) is 31.2 Å². The maximum atomic E-state index is 14.2. The van der Waals surface area contributed by atoms with Crippen LogP contribution in [0.25, 0.3) is 6.08 Å². The second kappa shape index (κ2) is 6.92. The topological polar surface area (TPSA) is 46.6 Å². The highest BCUT2D eigenvalue weighted by atomic mass is 19.1. The van der Waals surface area contributed by atoms with E-state index in [1.165, 1.54) is 56.5 Å². The molecule has 26 heavy (non-hydrogen) atoms. The van der Waals surface area contributed by atoms with Crippen molar-refractivity contribution >= 4 is 23.6 Å². The second-order valence-electron chi connectivity index (χ2n) is 5.62. The first-order valence-corrected chi connectivity index (χ1v) is 7.80. The van der Waals surface area contributed by atoms with Crippen LogP contribution in [-0.2, 0) is 14.3 Å². The Balaban J connectivity index is 2.20. The molecule has 0 N–H and O–H groups in total. The number of hydrogen-bond acceptors (Lipinski definition) is 3. The summed E-state index contributed by atoms with van der Waals surface area (Å²) < 4.78 is 33.0. The molecule has 0 bridgehead atoms. The summed E-state index contributed by atoms with van der Waals surface area (Å²) in [5.41, 5.74) is 0.287. The van der Waals surface area contributed by atoms with Gasteiger partial charge in [0.2, 0.25) is 0 Å². The van der Waals surface area contributed by atoms with E-state index in [1.807, 2.05) is 0 Å². The van der Waals surface area contributed by atoms with Gasteiger partial charge >= 0.3 is 5.97 Å². The lowest BCUT2D eigenvalue weighted by Gasteiger charge is -2.18. The third-order valence-electron chi connectivity index (χ3n) is 4.09. The SMILES string of the molecule is COC(=O)C1=C(C)N(c2ccccc2F)C(=O)C1=Cc1ccccc1F. The standard InChI is InChI=1S/C20H15F2NO3/c1-12-18(20(25)26-2)14(11-13-7-3-4-8-15(13)21)19(24)23(12)17-10-6-5-9-16(17)22/h3-11H,1-2H3. The molecule has 4 nitrogen and oxygen atoms in total. The summed E-state index contributed by atoms with van der Waals surface area (Å²) in [5, 5.41) is 0. The number of rotatable bonds is 3. The minimum Gasteiger partial charge on any atom is -0.465 e. The number of halogens is 2. The molecular weight excluding hydrogens is 340 g/mol. The van der Waals surface area contributed by atoms with Crippen LogP contribution in [0, 0.1) is 11.6 Å². The largest absolute Gasteiger partial charge is 0.465 e. The van der Waals surface area contributed by atoms with Gasteiger partial charge in [0, 0.05) is 11.3 Å². The molecule has 0 saturated heterocycles. The highest BCUT2D eigenvalue weighted by Crippen LogP contribution is 2.36. The summed E-state index contributed by atoms with van der Waals surface area (Å²) in [6.45, 7) is 1.51. The Hall–Kier alpha value is -3.28. The molecule has 2 aromatic rings. The number of allylic oxidation sites excluding steroid dienone is 1. The molecule has 6 heteroatoms. The average Bonchev–Trinajstić information content (AvgIpc) is 2.87. The van der Waals surface area contributed by atoms with Crippen LogP contribution >= 0.6 is 0 Å². The van der Waals surface area contributed by atoms with Crippen molar-refractivity contribution in [1.29, 1.82) is 0 Å². The summed E-state index contributed by atoms with van der Waals surface area (Å²) in [4.78, 5) is 26.3. The minimum absolute atomic E-state index is 0.00772. The zero-order valence-electron chi connectivity index (χ0n) is 14.1. The van der Waals surface area contributed by atoms with Gasteiger partial charge in [0.15, 0.2) is 0 Å². The molecule has 0 radical (unpaired) electrons. The molecule has 0 aliphatic carbocycles. The van der Waals surface area contributed by atoms with Crippen LogP contribution in [0.2, 0.25) is 0 Å². The first kappa shape index (κ1) is 17.5. The van der Waals surface area contributed by atoms with Gasteiger partial charge in [0.05, 0.1) is 23.9 Å². The smallest absolute Gasteiger partial charge is 0.340 e. The zero-order valence-corrected chi connectivity index (χ0v) is 14.1. The van der Waals surface area contributed by atoms with E-state index >= 15 is 0 Å². The molecule has 1 aliphatic rings. The lowest BCUT2D eigenvalue weighted by atomic mass is 10.0. The van der Waals surface area contributed by atoms with Crippen LogP contribution in [-0.4, -0.2) is 19.0 Å². The van der Waals surface area contributed by atoms with Gasteiger partial charge in [-0.25, -0.2) is 13.6 Å². The van der Waals surface area contributed by atoms with Crippen molar-refractivity contribution in [2.24, 2.45) is 0 Å². The number of esters is 1. The molecule has 132 valence electrons. The van der Waals surface area contributed by atoms with Gasteiger partial charge in [0.25, 0.3) is 5.91 Å². The summed E-state index contributed by atoms with van der Waals surface area (Å²) in [6, 6.07) is 11.6. The van der Waals surface area contributed by atoms with Crippen molar-refractivity contribution in [1.82, 2.24) is 0 Å². The monoisotopic (exact) mass is 355 g/mol. The van der Waals surface area contributed by atoms with E-state index in [4.69, 9.17) is 4.74 Å².